The fourth-order valence-corrected chi connectivity index (χ4v) is 5.25. The molecule has 0 unspecified atom stereocenters. The number of sulfonamides is 1. The van der Waals surface area contributed by atoms with Gasteiger partial charge in [-0.2, -0.15) is 4.31 Å². The van der Waals surface area contributed by atoms with Crippen LogP contribution in [0, 0.1) is 0 Å². The molecule has 2 N–H and O–H groups in total. The average Bonchev–Trinajstić information content (AvgIpc) is 3.09. The summed E-state index contributed by atoms with van der Waals surface area (Å²) in [5, 5.41) is 5.37. The molecule has 0 atom stereocenters. The largest absolute Gasteiger partial charge is 0.497 e. The number of thiazole rings is 1. The van der Waals surface area contributed by atoms with Crippen molar-refractivity contribution >= 4 is 38.2 Å². The molecule has 1 aromatic heterocycles. The Morgan fingerprint density at radius 1 is 1.24 bits per heavy atom. The van der Waals surface area contributed by atoms with Gasteiger partial charge in [-0.3, -0.25) is 5.32 Å². The Kier molecular flexibility index (Phi) is 6.30. The van der Waals surface area contributed by atoms with Crippen LogP contribution in [0.3, 0.4) is 0 Å². The number of ether oxygens (including phenoxy) is 2. The Balaban J connectivity index is 1.69. The summed E-state index contributed by atoms with van der Waals surface area (Å²) in [6.45, 7) is 4.01. The number of nitrogens with one attached hydrogen (secondary N) is 2. The van der Waals surface area contributed by atoms with Crippen molar-refractivity contribution in [2.24, 2.45) is 0 Å². The molecule has 2 heterocycles. The number of methoxy groups -OCH3 is 2. The molecule has 0 fully saturated rings. The monoisotopic (exact) mass is 440 g/mol. The smallest absolute Gasteiger partial charge is 0.325 e. The minimum Gasteiger partial charge on any atom is -0.497 e. The highest BCUT2D eigenvalue weighted by Gasteiger charge is 2.31. The Hall–Kier alpha value is -2.37. The molecule has 0 spiro atoms. The first-order valence-corrected chi connectivity index (χ1v) is 11.3. The summed E-state index contributed by atoms with van der Waals surface area (Å²) in [6.07, 6.45) is 0.521. The number of fused-ring (bicyclic) bond motifs is 1. The minimum atomic E-state index is -3.32. The van der Waals surface area contributed by atoms with Gasteiger partial charge in [0, 0.05) is 30.5 Å². The Morgan fingerprint density at radius 3 is 2.66 bits per heavy atom. The van der Waals surface area contributed by atoms with Crippen molar-refractivity contribution in [2.75, 3.05) is 31.4 Å². The van der Waals surface area contributed by atoms with Crippen LogP contribution in [0.25, 0.3) is 0 Å². The highest BCUT2D eigenvalue weighted by atomic mass is 32.2. The van der Waals surface area contributed by atoms with Crippen LogP contribution in [-0.2, 0) is 23.0 Å². The molecule has 0 saturated carbocycles. The molecule has 0 saturated heterocycles. The van der Waals surface area contributed by atoms with Gasteiger partial charge in [0.15, 0.2) is 5.13 Å². The van der Waals surface area contributed by atoms with Crippen molar-refractivity contribution in [3.8, 4) is 11.5 Å². The van der Waals surface area contributed by atoms with Gasteiger partial charge in [0.1, 0.15) is 11.5 Å². The number of hydrogen-bond donors (Lipinski definition) is 2. The molecule has 2 amide bonds. The zero-order valence-corrected chi connectivity index (χ0v) is 18.3. The third kappa shape index (κ3) is 4.62. The second-order valence-electron chi connectivity index (χ2n) is 6.71. The molecule has 3 rings (SSSR count). The molecule has 0 radical (unpaired) electrons. The van der Waals surface area contributed by atoms with E-state index in [9.17, 15) is 13.2 Å². The number of aromatic nitrogens is 1. The molecular formula is C18H24N4O5S2. The molecule has 0 bridgehead atoms. The third-order valence-electron chi connectivity index (χ3n) is 4.53. The summed E-state index contributed by atoms with van der Waals surface area (Å²) in [7, 11) is -0.271. The Bertz CT molecular complexity index is 1000. The number of urea groups is 1. The molecule has 1 aromatic carbocycles. The van der Waals surface area contributed by atoms with Gasteiger partial charge in [-0.05, 0) is 26.0 Å². The highest BCUT2D eigenvalue weighted by Crippen LogP contribution is 2.31. The van der Waals surface area contributed by atoms with Crippen LogP contribution < -0.4 is 20.1 Å². The molecule has 1 aliphatic heterocycles. The number of carbonyl (C=O) groups is 1. The second kappa shape index (κ2) is 8.56. The fourth-order valence-electron chi connectivity index (χ4n) is 2.89. The zero-order chi connectivity index (χ0) is 21.2. The van der Waals surface area contributed by atoms with Crippen molar-refractivity contribution in [3.63, 3.8) is 0 Å². The van der Waals surface area contributed by atoms with E-state index in [1.807, 2.05) is 0 Å². The van der Waals surface area contributed by atoms with E-state index in [1.54, 1.807) is 39.2 Å². The molecule has 9 nitrogen and oxygen atoms in total. The predicted molar refractivity (Wildman–Crippen MR) is 112 cm³/mol. The van der Waals surface area contributed by atoms with E-state index in [1.165, 1.54) is 22.8 Å². The van der Waals surface area contributed by atoms with E-state index < -0.39 is 21.3 Å². The molecular weight excluding hydrogens is 416 g/mol. The summed E-state index contributed by atoms with van der Waals surface area (Å²) in [5.74, 6) is 1.08. The number of nitrogens with zero attached hydrogens (tertiary/aromatic N) is 2. The summed E-state index contributed by atoms with van der Waals surface area (Å²) in [6, 6.07) is 4.59. The summed E-state index contributed by atoms with van der Waals surface area (Å²) >= 11 is 1.28. The molecule has 1 aliphatic rings. The van der Waals surface area contributed by atoms with E-state index in [4.69, 9.17) is 9.47 Å². The van der Waals surface area contributed by atoms with Gasteiger partial charge in [-0.1, -0.05) is 11.3 Å². The van der Waals surface area contributed by atoms with Crippen molar-refractivity contribution in [1.82, 2.24) is 9.29 Å². The van der Waals surface area contributed by atoms with E-state index in [0.717, 1.165) is 10.6 Å². The lowest BCUT2D eigenvalue weighted by atomic mass is 10.2. The average molecular weight is 441 g/mol. The fraction of sp³-hybridized carbons (Fsp3) is 0.444. The van der Waals surface area contributed by atoms with Gasteiger partial charge in [0.25, 0.3) is 0 Å². The van der Waals surface area contributed by atoms with Crippen molar-refractivity contribution in [1.29, 1.82) is 0 Å². The standard InChI is InChI=1S/C18H24N4O5S2/c1-11(2)29(24,25)22-8-7-14-16(10-22)28-18(20-14)21-17(23)19-13-6-5-12(26-3)9-15(13)27-4/h5-6,9,11H,7-8,10H2,1-4H3,(H2,19,20,21,23). The lowest BCUT2D eigenvalue weighted by molar-refractivity contribution is 0.262. The van der Waals surface area contributed by atoms with E-state index in [2.05, 4.69) is 15.6 Å². The molecule has 2 aromatic rings. The number of hydrogen-bond acceptors (Lipinski definition) is 7. The number of carbonyl (C=O) groups excluding carboxylic acids is 1. The number of rotatable bonds is 6. The summed E-state index contributed by atoms with van der Waals surface area (Å²) < 4.78 is 36.7. The van der Waals surface area contributed by atoms with Crippen LogP contribution in [-0.4, -0.2) is 49.8 Å². The van der Waals surface area contributed by atoms with E-state index in [-0.39, 0.29) is 6.54 Å². The van der Waals surface area contributed by atoms with Crippen LogP contribution in [0.2, 0.25) is 0 Å². The molecule has 11 heteroatoms. The lowest BCUT2D eigenvalue weighted by Gasteiger charge is -2.26. The molecule has 0 aliphatic carbocycles. The summed E-state index contributed by atoms with van der Waals surface area (Å²) in [4.78, 5) is 17.7. The van der Waals surface area contributed by atoms with Crippen molar-refractivity contribution < 1.29 is 22.7 Å². The van der Waals surface area contributed by atoms with Gasteiger partial charge < -0.3 is 14.8 Å². The maximum atomic E-state index is 12.4. The lowest BCUT2D eigenvalue weighted by Crippen LogP contribution is -2.39. The second-order valence-corrected chi connectivity index (χ2v) is 10.3. The number of amides is 2. The first-order valence-electron chi connectivity index (χ1n) is 9.02. The zero-order valence-electron chi connectivity index (χ0n) is 16.7. The van der Waals surface area contributed by atoms with E-state index in [0.29, 0.717) is 35.3 Å². The first-order chi connectivity index (χ1) is 13.7. The number of anilines is 2. The topological polar surface area (TPSA) is 110 Å². The minimum absolute atomic E-state index is 0.281. The van der Waals surface area contributed by atoms with Crippen molar-refractivity contribution in [3.05, 3.63) is 28.8 Å². The van der Waals surface area contributed by atoms with Gasteiger partial charge in [0.05, 0.1) is 30.9 Å². The SMILES string of the molecule is COc1ccc(NC(=O)Nc2nc3c(s2)CN(S(=O)(=O)C(C)C)CC3)c(OC)c1. The maximum absolute atomic E-state index is 12.4. The Labute approximate surface area is 174 Å². The first kappa shape index (κ1) is 21.3. The highest BCUT2D eigenvalue weighted by molar-refractivity contribution is 7.89. The maximum Gasteiger partial charge on any atom is 0.325 e. The van der Waals surface area contributed by atoms with Gasteiger partial charge in [-0.15, -0.1) is 0 Å². The van der Waals surface area contributed by atoms with Gasteiger partial charge >= 0.3 is 6.03 Å². The normalized spacial score (nSPS) is 14.4. The molecule has 158 valence electrons. The Morgan fingerprint density at radius 2 is 2.00 bits per heavy atom. The van der Waals surface area contributed by atoms with Crippen LogP contribution in [0.4, 0.5) is 15.6 Å². The quantitative estimate of drug-likeness (QED) is 0.715. The van der Waals surface area contributed by atoms with Gasteiger partial charge in [-0.25, -0.2) is 18.2 Å². The third-order valence-corrected chi connectivity index (χ3v) is 7.75. The van der Waals surface area contributed by atoms with Gasteiger partial charge in [0.2, 0.25) is 10.0 Å². The van der Waals surface area contributed by atoms with Crippen LogP contribution >= 0.6 is 11.3 Å². The summed E-state index contributed by atoms with van der Waals surface area (Å²) in [5.41, 5.74) is 1.31. The van der Waals surface area contributed by atoms with Crippen LogP contribution in [0.5, 0.6) is 11.5 Å². The molecule has 29 heavy (non-hydrogen) atoms. The van der Waals surface area contributed by atoms with Crippen molar-refractivity contribution in [2.45, 2.75) is 32.1 Å². The van der Waals surface area contributed by atoms with Crippen LogP contribution in [0.15, 0.2) is 18.2 Å². The number of benzene rings is 1. The predicted octanol–water partition coefficient (Wildman–Crippen LogP) is 2.90. The van der Waals surface area contributed by atoms with E-state index >= 15 is 0 Å². The van der Waals surface area contributed by atoms with Crippen LogP contribution in [0.1, 0.15) is 24.4 Å².